The van der Waals surface area contributed by atoms with Gasteiger partial charge in [-0.1, -0.05) is 68.4 Å². The van der Waals surface area contributed by atoms with E-state index < -0.39 is 23.7 Å². The standard InChI is InChI=1S/C28H36N2O5/c1-19(2)25(29-27(33)35-28(3,4)5)26(32)30(23-15-21-13-9-10-14-22(21)16-23)17-24(31)34-18-20-11-7-6-8-12-20/h6-14,19,23,25H,15-18H2,1-5H3,(H,29,33). The van der Waals surface area contributed by atoms with Crippen molar-refractivity contribution in [3.63, 3.8) is 0 Å². The van der Waals surface area contributed by atoms with Gasteiger partial charge in [0.2, 0.25) is 5.91 Å². The number of alkyl carbamates (subject to hydrolysis) is 1. The minimum Gasteiger partial charge on any atom is -0.459 e. The Hall–Kier alpha value is -3.35. The molecule has 1 aliphatic rings. The smallest absolute Gasteiger partial charge is 0.408 e. The monoisotopic (exact) mass is 480 g/mol. The molecule has 0 bridgehead atoms. The number of nitrogens with zero attached hydrogens (tertiary/aromatic N) is 1. The van der Waals surface area contributed by atoms with Crippen LogP contribution in [0.4, 0.5) is 4.79 Å². The quantitative estimate of drug-likeness (QED) is 0.570. The van der Waals surface area contributed by atoms with E-state index in [1.807, 2.05) is 68.4 Å². The van der Waals surface area contributed by atoms with Crippen LogP contribution in [-0.4, -0.2) is 47.1 Å². The van der Waals surface area contributed by atoms with Crippen molar-refractivity contribution < 1.29 is 23.9 Å². The number of benzene rings is 2. The molecule has 0 aromatic heterocycles. The van der Waals surface area contributed by atoms with Crippen molar-refractivity contribution in [1.29, 1.82) is 0 Å². The number of fused-ring (bicyclic) bond motifs is 1. The molecule has 0 saturated carbocycles. The van der Waals surface area contributed by atoms with Crippen LogP contribution in [0.15, 0.2) is 54.6 Å². The average molecular weight is 481 g/mol. The lowest BCUT2D eigenvalue weighted by molar-refractivity contribution is -0.152. The minimum absolute atomic E-state index is 0.135. The molecule has 0 saturated heterocycles. The molecular weight excluding hydrogens is 444 g/mol. The van der Waals surface area contributed by atoms with Gasteiger partial charge < -0.3 is 19.7 Å². The molecule has 2 amide bonds. The van der Waals surface area contributed by atoms with E-state index in [0.29, 0.717) is 12.8 Å². The number of amides is 2. The third kappa shape index (κ3) is 7.57. The molecule has 2 aromatic rings. The molecule has 188 valence electrons. The van der Waals surface area contributed by atoms with Crippen LogP contribution >= 0.6 is 0 Å². The number of hydrogen-bond acceptors (Lipinski definition) is 5. The van der Waals surface area contributed by atoms with Crippen molar-refractivity contribution in [3.05, 3.63) is 71.3 Å². The SMILES string of the molecule is CC(C)C(NC(=O)OC(C)(C)C)C(=O)N(CC(=O)OCc1ccccc1)C1Cc2ccccc2C1. The fourth-order valence-electron chi connectivity index (χ4n) is 4.19. The maximum Gasteiger partial charge on any atom is 0.408 e. The summed E-state index contributed by atoms with van der Waals surface area (Å²) >= 11 is 0. The van der Waals surface area contributed by atoms with Gasteiger partial charge in [-0.15, -0.1) is 0 Å². The van der Waals surface area contributed by atoms with Crippen LogP contribution < -0.4 is 5.32 Å². The summed E-state index contributed by atoms with van der Waals surface area (Å²) in [5.74, 6) is -1.01. The Bertz CT molecular complexity index is 1000. The van der Waals surface area contributed by atoms with Gasteiger partial charge >= 0.3 is 12.1 Å². The summed E-state index contributed by atoms with van der Waals surface area (Å²) in [7, 11) is 0. The molecular formula is C28H36N2O5. The Morgan fingerprint density at radius 2 is 1.54 bits per heavy atom. The zero-order chi connectivity index (χ0) is 25.6. The normalized spacial score (nSPS) is 14.2. The lowest BCUT2D eigenvalue weighted by Gasteiger charge is -2.33. The van der Waals surface area contributed by atoms with E-state index in [1.165, 1.54) is 0 Å². The summed E-state index contributed by atoms with van der Waals surface area (Å²) in [6, 6.07) is 16.4. The van der Waals surface area contributed by atoms with Crippen molar-refractivity contribution in [3.8, 4) is 0 Å². The summed E-state index contributed by atoms with van der Waals surface area (Å²) in [5, 5.41) is 2.72. The Balaban J connectivity index is 1.77. The first-order chi connectivity index (χ1) is 16.5. The lowest BCUT2D eigenvalue weighted by Crippen LogP contribution is -2.56. The average Bonchev–Trinajstić information content (AvgIpc) is 3.22. The summed E-state index contributed by atoms with van der Waals surface area (Å²) in [5.41, 5.74) is 2.50. The molecule has 3 rings (SSSR count). The summed E-state index contributed by atoms with van der Waals surface area (Å²) < 4.78 is 10.9. The first-order valence-electron chi connectivity index (χ1n) is 12.1. The van der Waals surface area contributed by atoms with Crippen LogP contribution in [0.1, 0.15) is 51.3 Å². The third-order valence-electron chi connectivity index (χ3n) is 5.90. The van der Waals surface area contributed by atoms with Crippen LogP contribution in [0.25, 0.3) is 0 Å². The van der Waals surface area contributed by atoms with E-state index in [2.05, 4.69) is 5.32 Å². The molecule has 0 spiro atoms. The molecule has 1 aliphatic carbocycles. The van der Waals surface area contributed by atoms with Crippen LogP contribution in [0, 0.1) is 5.92 Å². The Kier molecular flexibility index (Phi) is 8.54. The summed E-state index contributed by atoms with van der Waals surface area (Å²) in [6.07, 6.45) is 0.627. The molecule has 0 radical (unpaired) electrons. The highest BCUT2D eigenvalue weighted by Crippen LogP contribution is 2.26. The van der Waals surface area contributed by atoms with E-state index in [-0.39, 0.29) is 31.0 Å². The van der Waals surface area contributed by atoms with Gasteiger partial charge in [-0.05, 0) is 56.2 Å². The summed E-state index contributed by atoms with van der Waals surface area (Å²) in [6.45, 7) is 8.96. The van der Waals surface area contributed by atoms with Crippen molar-refractivity contribution in [2.75, 3.05) is 6.54 Å². The maximum absolute atomic E-state index is 13.8. The minimum atomic E-state index is -0.838. The van der Waals surface area contributed by atoms with Gasteiger partial charge in [0, 0.05) is 6.04 Å². The van der Waals surface area contributed by atoms with Gasteiger partial charge in [-0.3, -0.25) is 9.59 Å². The van der Waals surface area contributed by atoms with Gasteiger partial charge in [0.1, 0.15) is 24.8 Å². The van der Waals surface area contributed by atoms with E-state index in [0.717, 1.165) is 16.7 Å². The number of esters is 1. The highest BCUT2D eigenvalue weighted by Gasteiger charge is 2.37. The zero-order valence-electron chi connectivity index (χ0n) is 21.2. The first-order valence-corrected chi connectivity index (χ1v) is 12.1. The topological polar surface area (TPSA) is 84.9 Å². The van der Waals surface area contributed by atoms with Gasteiger partial charge in [0.05, 0.1) is 0 Å². The van der Waals surface area contributed by atoms with Crippen LogP contribution in [0.5, 0.6) is 0 Å². The Morgan fingerprint density at radius 1 is 0.971 bits per heavy atom. The molecule has 0 heterocycles. The molecule has 7 heteroatoms. The summed E-state index contributed by atoms with van der Waals surface area (Å²) in [4.78, 5) is 40.7. The highest BCUT2D eigenvalue weighted by atomic mass is 16.6. The number of rotatable bonds is 8. The van der Waals surface area contributed by atoms with Gasteiger partial charge in [-0.2, -0.15) is 0 Å². The number of nitrogens with one attached hydrogen (secondary N) is 1. The second kappa shape index (κ2) is 11.4. The van der Waals surface area contributed by atoms with Crippen molar-refractivity contribution in [1.82, 2.24) is 10.2 Å². The van der Waals surface area contributed by atoms with E-state index in [9.17, 15) is 14.4 Å². The first kappa shape index (κ1) is 26.3. The molecule has 2 aromatic carbocycles. The fraction of sp³-hybridized carbons (Fsp3) is 0.464. The number of ether oxygens (including phenoxy) is 2. The van der Waals surface area contributed by atoms with Gasteiger partial charge in [0.25, 0.3) is 0 Å². The largest absolute Gasteiger partial charge is 0.459 e. The van der Waals surface area contributed by atoms with E-state index >= 15 is 0 Å². The van der Waals surface area contributed by atoms with E-state index in [1.54, 1.807) is 25.7 Å². The maximum atomic E-state index is 13.8. The van der Waals surface area contributed by atoms with Crippen LogP contribution in [0.3, 0.4) is 0 Å². The Labute approximate surface area is 207 Å². The molecule has 1 unspecified atom stereocenters. The number of hydrogen-bond donors (Lipinski definition) is 1. The van der Waals surface area contributed by atoms with Gasteiger partial charge in [-0.25, -0.2) is 4.79 Å². The van der Waals surface area contributed by atoms with Gasteiger partial charge in [0.15, 0.2) is 0 Å². The number of carbonyl (C=O) groups excluding carboxylic acids is 3. The van der Waals surface area contributed by atoms with Crippen LogP contribution in [-0.2, 0) is 38.5 Å². The van der Waals surface area contributed by atoms with Crippen molar-refractivity contribution >= 4 is 18.0 Å². The zero-order valence-corrected chi connectivity index (χ0v) is 21.2. The van der Waals surface area contributed by atoms with Crippen LogP contribution in [0.2, 0.25) is 0 Å². The molecule has 0 aliphatic heterocycles. The predicted octanol–water partition coefficient (Wildman–Crippen LogP) is 4.28. The Morgan fingerprint density at radius 3 is 2.09 bits per heavy atom. The molecule has 0 fully saturated rings. The molecule has 7 nitrogen and oxygen atoms in total. The number of carbonyl (C=O) groups is 3. The highest BCUT2D eigenvalue weighted by molar-refractivity contribution is 5.89. The second-order valence-electron chi connectivity index (χ2n) is 10.3. The van der Waals surface area contributed by atoms with E-state index in [4.69, 9.17) is 9.47 Å². The molecule has 35 heavy (non-hydrogen) atoms. The van der Waals surface area contributed by atoms with Crippen molar-refractivity contribution in [2.24, 2.45) is 5.92 Å². The predicted molar refractivity (Wildman–Crippen MR) is 134 cm³/mol. The fourth-order valence-corrected chi connectivity index (χ4v) is 4.19. The third-order valence-corrected chi connectivity index (χ3v) is 5.90. The second-order valence-corrected chi connectivity index (χ2v) is 10.3. The van der Waals surface area contributed by atoms with Crippen molar-refractivity contribution in [2.45, 2.75) is 71.8 Å². The molecule has 1 N–H and O–H groups in total. The molecule has 1 atom stereocenters. The lowest BCUT2D eigenvalue weighted by atomic mass is 10.0.